The van der Waals surface area contributed by atoms with Crippen molar-refractivity contribution >= 4 is 18.3 Å². The highest BCUT2D eigenvalue weighted by molar-refractivity contribution is 5.97. The smallest absolute Gasteiger partial charge is 0.258 e. The lowest BCUT2D eigenvalue weighted by Crippen LogP contribution is -2.48. The van der Waals surface area contributed by atoms with Crippen molar-refractivity contribution < 1.29 is 19.0 Å². The predicted molar refractivity (Wildman–Crippen MR) is 106 cm³/mol. The zero-order chi connectivity index (χ0) is 18.5. The number of hydrogen-bond donors (Lipinski definition) is 1. The maximum Gasteiger partial charge on any atom is 0.258 e. The van der Waals surface area contributed by atoms with Crippen LogP contribution in [0.1, 0.15) is 22.0 Å². The summed E-state index contributed by atoms with van der Waals surface area (Å²) in [7, 11) is 4.79. The number of nitrogens with zero attached hydrogens (tertiary/aromatic N) is 1. The van der Waals surface area contributed by atoms with Crippen LogP contribution in [0.2, 0.25) is 0 Å². The van der Waals surface area contributed by atoms with Gasteiger partial charge in [-0.25, -0.2) is 0 Å². The molecule has 3 rings (SSSR count). The van der Waals surface area contributed by atoms with Gasteiger partial charge in [0, 0.05) is 31.3 Å². The molecule has 27 heavy (non-hydrogen) atoms. The first-order chi connectivity index (χ1) is 12.7. The molecule has 0 saturated carbocycles. The van der Waals surface area contributed by atoms with Crippen molar-refractivity contribution in [2.24, 2.45) is 0 Å². The third-order valence-corrected chi connectivity index (χ3v) is 4.64. The van der Waals surface area contributed by atoms with Crippen LogP contribution >= 0.6 is 12.4 Å². The second kappa shape index (κ2) is 9.48. The van der Waals surface area contributed by atoms with Gasteiger partial charge in [0.05, 0.1) is 32.9 Å². The molecular weight excluding hydrogens is 368 g/mol. The zero-order valence-corrected chi connectivity index (χ0v) is 16.5. The summed E-state index contributed by atoms with van der Waals surface area (Å²) in [6, 6.07) is 13.0. The second-order valence-corrected chi connectivity index (χ2v) is 6.03. The van der Waals surface area contributed by atoms with Crippen LogP contribution in [-0.4, -0.2) is 51.8 Å². The number of amides is 1. The van der Waals surface area contributed by atoms with Gasteiger partial charge in [-0.15, -0.1) is 12.4 Å². The van der Waals surface area contributed by atoms with Crippen LogP contribution in [0.4, 0.5) is 0 Å². The summed E-state index contributed by atoms with van der Waals surface area (Å²) < 4.78 is 16.1. The van der Waals surface area contributed by atoms with Crippen molar-refractivity contribution in [3.8, 4) is 17.2 Å². The molecule has 6 nitrogen and oxygen atoms in total. The fraction of sp³-hybridized carbons (Fsp3) is 0.350. The summed E-state index contributed by atoms with van der Waals surface area (Å²) in [5.74, 6) is 1.87. The van der Waals surface area contributed by atoms with E-state index >= 15 is 0 Å². The van der Waals surface area contributed by atoms with Crippen molar-refractivity contribution in [2.75, 3.05) is 41.0 Å². The van der Waals surface area contributed by atoms with Crippen LogP contribution in [0.3, 0.4) is 0 Å². The lowest BCUT2D eigenvalue weighted by atomic mass is 10.0. The fourth-order valence-electron chi connectivity index (χ4n) is 3.30. The Morgan fingerprint density at radius 1 is 1.04 bits per heavy atom. The van der Waals surface area contributed by atoms with Crippen LogP contribution in [0, 0.1) is 0 Å². The summed E-state index contributed by atoms with van der Waals surface area (Å²) >= 11 is 0. The van der Waals surface area contributed by atoms with Crippen molar-refractivity contribution in [2.45, 2.75) is 6.04 Å². The van der Waals surface area contributed by atoms with Gasteiger partial charge in [-0.1, -0.05) is 18.2 Å². The number of para-hydroxylation sites is 1. The molecule has 0 aliphatic carbocycles. The SMILES string of the molecule is COc1ccc(C(=O)N2CCNCC2c2ccccc2OC)c(OC)c1.Cl. The van der Waals surface area contributed by atoms with Crippen molar-refractivity contribution in [1.29, 1.82) is 0 Å². The minimum atomic E-state index is -0.112. The minimum Gasteiger partial charge on any atom is -0.497 e. The third-order valence-electron chi connectivity index (χ3n) is 4.64. The number of methoxy groups -OCH3 is 3. The van der Waals surface area contributed by atoms with Gasteiger partial charge in [0.2, 0.25) is 0 Å². The Bertz CT molecular complexity index is 784. The lowest BCUT2D eigenvalue weighted by molar-refractivity contribution is 0.0628. The first kappa shape index (κ1) is 20.9. The van der Waals surface area contributed by atoms with E-state index in [1.165, 1.54) is 0 Å². The molecule has 1 N–H and O–H groups in total. The van der Waals surface area contributed by atoms with Gasteiger partial charge in [-0.3, -0.25) is 4.79 Å². The lowest BCUT2D eigenvalue weighted by Gasteiger charge is -2.37. The number of halogens is 1. The Hall–Kier alpha value is -2.44. The van der Waals surface area contributed by atoms with Crippen molar-refractivity contribution in [3.05, 3.63) is 53.6 Å². The minimum absolute atomic E-state index is 0. The number of nitrogens with one attached hydrogen (secondary N) is 1. The Balaban J connectivity index is 0.00000261. The normalized spacial score (nSPS) is 16.3. The van der Waals surface area contributed by atoms with E-state index in [1.807, 2.05) is 29.2 Å². The molecule has 1 aliphatic heterocycles. The number of hydrogen-bond acceptors (Lipinski definition) is 5. The van der Waals surface area contributed by atoms with Gasteiger partial charge >= 0.3 is 0 Å². The summed E-state index contributed by atoms with van der Waals surface area (Å²) in [6.45, 7) is 2.02. The molecule has 1 heterocycles. The van der Waals surface area contributed by atoms with E-state index in [9.17, 15) is 4.79 Å². The quantitative estimate of drug-likeness (QED) is 0.847. The molecule has 1 amide bonds. The third kappa shape index (κ3) is 4.28. The number of ether oxygens (including phenoxy) is 3. The van der Waals surface area contributed by atoms with Crippen LogP contribution in [0.15, 0.2) is 42.5 Å². The number of carbonyl (C=O) groups excluding carboxylic acids is 1. The molecular formula is C20H25ClN2O4. The molecule has 1 atom stereocenters. The highest BCUT2D eigenvalue weighted by atomic mass is 35.5. The van der Waals surface area contributed by atoms with Gasteiger partial charge in [-0.05, 0) is 18.2 Å². The molecule has 1 saturated heterocycles. The maximum absolute atomic E-state index is 13.3. The van der Waals surface area contributed by atoms with E-state index in [1.54, 1.807) is 39.5 Å². The number of rotatable bonds is 5. The van der Waals surface area contributed by atoms with Gasteiger partial charge < -0.3 is 24.4 Å². The largest absolute Gasteiger partial charge is 0.497 e. The van der Waals surface area contributed by atoms with Gasteiger partial charge in [0.1, 0.15) is 17.2 Å². The van der Waals surface area contributed by atoms with E-state index in [0.717, 1.165) is 17.9 Å². The molecule has 0 spiro atoms. The summed E-state index contributed by atoms with van der Waals surface area (Å²) in [5, 5.41) is 3.37. The van der Waals surface area contributed by atoms with E-state index in [0.29, 0.717) is 30.2 Å². The fourth-order valence-corrected chi connectivity index (χ4v) is 3.30. The molecule has 2 aromatic rings. The van der Waals surface area contributed by atoms with E-state index in [-0.39, 0.29) is 24.4 Å². The molecule has 0 radical (unpaired) electrons. The maximum atomic E-state index is 13.3. The van der Waals surface area contributed by atoms with Crippen LogP contribution in [0.25, 0.3) is 0 Å². The van der Waals surface area contributed by atoms with Crippen LogP contribution < -0.4 is 19.5 Å². The van der Waals surface area contributed by atoms with Gasteiger partial charge in [0.25, 0.3) is 5.91 Å². The van der Waals surface area contributed by atoms with Gasteiger partial charge in [0.15, 0.2) is 0 Å². The molecule has 2 aromatic carbocycles. The highest BCUT2D eigenvalue weighted by Gasteiger charge is 2.31. The van der Waals surface area contributed by atoms with E-state index in [2.05, 4.69) is 5.32 Å². The molecule has 0 bridgehead atoms. The van der Waals surface area contributed by atoms with Crippen LogP contribution in [0.5, 0.6) is 17.2 Å². The number of carbonyl (C=O) groups is 1. The summed E-state index contributed by atoms with van der Waals surface area (Å²) in [4.78, 5) is 15.2. The monoisotopic (exact) mass is 392 g/mol. The van der Waals surface area contributed by atoms with E-state index in [4.69, 9.17) is 14.2 Å². The molecule has 0 aromatic heterocycles. The van der Waals surface area contributed by atoms with Gasteiger partial charge in [-0.2, -0.15) is 0 Å². The molecule has 1 fully saturated rings. The number of benzene rings is 2. The Morgan fingerprint density at radius 2 is 1.78 bits per heavy atom. The van der Waals surface area contributed by atoms with Crippen molar-refractivity contribution in [3.63, 3.8) is 0 Å². The van der Waals surface area contributed by atoms with E-state index < -0.39 is 0 Å². The first-order valence-electron chi connectivity index (χ1n) is 8.56. The Labute approximate surface area is 165 Å². The first-order valence-corrected chi connectivity index (χ1v) is 8.56. The Morgan fingerprint density at radius 3 is 2.48 bits per heavy atom. The summed E-state index contributed by atoms with van der Waals surface area (Å²) in [5.41, 5.74) is 1.51. The van der Waals surface area contributed by atoms with Crippen LogP contribution in [-0.2, 0) is 0 Å². The second-order valence-electron chi connectivity index (χ2n) is 6.03. The standard InChI is InChI=1S/C20H24N2O4.ClH/c1-24-14-8-9-16(19(12-14)26-3)20(23)22-11-10-21-13-17(22)15-6-4-5-7-18(15)25-2;/h4-9,12,17,21H,10-11,13H2,1-3H3;1H. The Kier molecular flexibility index (Phi) is 7.33. The molecule has 1 unspecified atom stereocenters. The molecule has 1 aliphatic rings. The zero-order valence-electron chi connectivity index (χ0n) is 15.7. The average Bonchev–Trinajstić information content (AvgIpc) is 2.72. The topological polar surface area (TPSA) is 60.0 Å². The highest BCUT2D eigenvalue weighted by Crippen LogP contribution is 2.33. The number of piperazine rings is 1. The van der Waals surface area contributed by atoms with Crippen molar-refractivity contribution in [1.82, 2.24) is 10.2 Å². The molecule has 146 valence electrons. The molecule has 7 heteroatoms. The summed E-state index contributed by atoms with van der Waals surface area (Å²) in [6.07, 6.45) is 0. The predicted octanol–water partition coefficient (Wildman–Crippen LogP) is 2.92. The average molecular weight is 393 g/mol.